The zero-order valence-corrected chi connectivity index (χ0v) is 11.5. The van der Waals surface area contributed by atoms with Crippen molar-refractivity contribution < 1.29 is 0 Å². The van der Waals surface area contributed by atoms with Crippen LogP contribution < -0.4 is 10.7 Å². The Hall–Kier alpha value is -1.17. The van der Waals surface area contributed by atoms with Crippen molar-refractivity contribution in [3.05, 3.63) is 35.9 Å². The summed E-state index contributed by atoms with van der Waals surface area (Å²) in [5.74, 6) is 0. The van der Waals surface area contributed by atoms with Gasteiger partial charge in [0.15, 0.2) is 5.11 Å². The molecule has 0 amide bonds. The molecule has 2 N–H and O–H groups in total. The SMILES string of the molecule is CN1CCN(NC(=S)NCc2ccccc2)CC1. The molecule has 0 saturated carbocycles. The van der Waals surface area contributed by atoms with E-state index in [4.69, 9.17) is 12.2 Å². The normalized spacial score (nSPS) is 17.4. The number of nitrogens with zero attached hydrogens (tertiary/aromatic N) is 2. The monoisotopic (exact) mass is 264 g/mol. The number of rotatable bonds is 3. The van der Waals surface area contributed by atoms with Crippen LogP contribution in [0.3, 0.4) is 0 Å². The van der Waals surface area contributed by atoms with Gasteiger partial charge in [0.1, 0.15) is 0 Å². The molecule has 98 valence electrons. The third kappa shape index (κ3) is 4.25. The average molecular weight is 264 g/mol. The summed E-state index contributed by atoms with van der Waals surface area (Å²) in [5, 5.41) is 6.09. The van der Waals surface area contributed by atoms with Gasteiger partial charge in [-0.05, 0) is 24.8 Å². The van der Waals surface area contributed by atoms with Crippen LogP contribution in [0.4, 0.5) is 0 Å². The molecule has 1 aromatic carbocycles. The van der Waals surface area contributed by atoms with E-state index in [1.54, 1.807) is 0 Å². The van der Waals surface area contributed by atoms with Gasteiger partial charge >= 0.3 is 0 Å². The summed E-state index contributed by atoms with van der Waals surface area (Å²) < 4.78 is 0. The van der Waals surface area contributed by atoms with Gasteiger partial charge in [-0.1, -0.05) is 30.3 Å². The molecule has 1 heterocycles. The van der Waals surface area contributed by atoms with Gasteiger partial charge < -0.3 is 10.2 Å². The molecular formula is C13H20N4S. The molecule has 1 saturated heterocycles. The minimum absolute atomic E-state index is 0.698. The first-order valence-corrected chi connectivity index (χ1v) is 6.67. The van der Waals surface area contributed by atoms with Crippen LogP contribution in [0, 0.1) is 0 Å². The van der Waals surface area contributed by atoms with Crippen LogP contribution in [0.25, 0.3) is 0 Å². The molecule has 0 unspecified atom stereocenters. The van der Waals surface area contributed by atoms with Crippen LogP contribution in [0.1, 0.15) is 5.56 Å². The minimum Gasteiger partial charge on any atom is -0.358 e. The lowest BCUT2D eigenvalue weighted by atomic mass is 10.2. The highest BCUT2D eigenvalue weighted by Gasteiger charge is 2.13. The van der Waals surface area contributed by atoms with Crippen molar-refractivity contribution in [2.24, 2.45) is 0 Å². The zero-order chi connectivity index (χ0) is 12.8. The number of hydrazine groups is 1. The van der Waals surface area contributed by atoms with E-state index in [9.17, 15) is 0 Å². The molecule has 0 radical (unpaired) electrons. The van der Waals surface area contributed by atoms with Crippen molar-refractivity contribution in [3.8, 4) is 0 Å². The maximum Gasteiger partial charge on any atom is 0.181 e. The van der Waals surface area contributed by atoms with Crippen molar-refractivity contribution in [3.63, 3.8) is 0 Å². The first-order valence-electron chi connectivity index (χ1n) is 6.26. The maximum absolute atomic E-state index is 5.29. The summed E-state index contributed by atoms with van der Waals surface area (Å²) in [7, 11) is 2.14. The second-order valence-electron chi connectivity index (χ2n) is 4.57. The van der Waals surface area contributed by atoms with Crippen LogP contribution in [0.2, 0.25) is 0 Å². The van der Waals surface area contributed by atoms with Crippen molar-refractivity contribution in [1.29, 1.82) is 0 Å². The molecule has 18 heavy (non-hydrogen) atoms. The summed E-state index contributed by atoms with van der Waals surface area (Å²) in [5.41, 5.74) is 4.47. The van der Waals surface area contributed by atoms with E-state index >= 15 is 0 Å². The zero-order valence-electron chi connectivity index (χ0n) is 10.7. The molecule has 1 aliphatic heterocycles. The fourth-order valence-corrected chi connectivity index (χ4v) is 2.08. The number of thiocarbonyl (C=S) groups is 1. The summed E-state index contributed by atoms with van der Waals surface area (Å²) in [6, 6.07) is 10.3. The van der Waals surface area contributed by atoms with Gasteiger partial charge in [-0.15, -0.1) is 0 Å². The molecule has 2 rings (SSSR count). The lowest BCUT2D eigenvalue weighted by Gasteiger charge is -2.33. The van der Waals surface area contributed by atoms with Gasteiger partial charge in [0.05, 0.1) is 0 Å². The number of hydrogen-bond acceptors (Lipinski definition) is 3. The molecule has 0 spiro atoms. The Morgan fingerprint density at radius 2 is 1.83 bits per heavy atom. The fourth-order valence-electron chi connectivity index (χ4n) is 1.88. The van der Waals surface area contributed by atoms with E-state index in [1.165, 1.54) is 5.56 Å². The highest BCUT2D eigenvalue weighted by atomic mass is 32.1. The van der Waals surface area contributed by atoms with Gasteiger partial charge in [-0.25, -0.2) is 5.01 Å². The van der Waals surface area contributed by atoms with E-state index in [0.717, 1.165) is 32.7 Å². The van der Waals surface area contributed by atoms with E-state index in [0.29, 0.717) is 5.11 Å². The van der Waals surface area contributed by atoms with Crippen LogP contribution in [-0.2, 0) is 6.54 Å². The van der Waals surface area contributed by atoms with Gasteiger partial charge in [0.2, 0.25) is 0 Å². The first kappa shape index (κ1) is 13.3. The number of piperazine rings is 1. The predicted molar refractivity (Wildman–Crippen MR) is 78.1 cm³/mol. The minimum atomic E-state index is 0.698. The first-order chi connectivity index (χ1) is 8.74. The van der Waals surface area contributed by atoms with Crippen molar-refractivity contribution in [1.82, 2.24) is 20.7 Å². The average Bonchev–Trinajstić information content (AvgIpc) is 2.40. The Balaban J connectivity index is 1.69. The van der Waals surface area contributed by atoms with E-state index in [1.807, 2.05) is 18.2 Å². The van der Waals surface area contributed by atoms with Gasteiger partial charge in [-0.2, -0.15) is 0 Å². The Morgan fingerprint density at radius 3 is 2.50 bits per heavy atom. The van der Waals surface area contributed by atoms with Crippen LogP contribution in [0.15, 0.2) is 30.3 Å². The second kappa shape index (κ2) is 6.68. The molecule has 1 fully saturated rings. The Morgan fingerprint density at radius 1 is 1.17 bits per heavy atom. The summed E-state index contributed by atoms with van der Waals surface area (Å²) in [6.45, 7) is 4.93. The van der Waals surface area contributed by atoms with Crippen molar-refractivity contribution in [2.45, 2.75) is 6.54 Å². The maximum atomic E-state index is 5.29. The quantitative estimate of drug-likeness (QED) is 0.789. The molecular weight excluding hydrogens is 244 g/mol. The topological polar surface area (TPSA) is 30.5 Å². The lowest BCUT2D eigenvalue weighted by molar-refractivity contribution is 0.130. The third-order valence-corrected chi connectivity index (χ3v) is 3.29. The predicted octanol–water partition coefficient (Wildman–Crippen LogP) is 0.813. The lowest BCUT2D eigenvalue weighted by Crippen LogP contribution is -2.54. The Labute approximate surface area is 114 Å². The van der Waals surface area contributed by atoms with Crippen molar-refractivity contribution in [2.75, 3.05) is 33.2 Å². The smallest absolute Gasteiger partial charge is 0.181 e. The van der Waals surface area contributed by atoms with E-state index in [2.05, 4.69) is 39.8 Å². The molecule has 5 heteroatoms. The standard InChI is InChI=1S/C13H20N4S/c1-16-7-9-17(10-8-16)15-13(18)14-11-12-5-3-2-4-6-12/h2-6H,7-11H2,1H3,(H2,14,15,18). The largest absolute Gasteiger partial charge is 0.358 e. The number of hydrogen-bond donors (Lipinski definition) is 2. The van der Waals surface area contributed by atoms with Crippen molar-refractivity contribution >= 4 is 17.3 Å². The van der Waals surface area contributed by atoms with Gasteiger partial charge in [0.25, 0.3) is 0 Å². The molecule has 0 bridgehead atoms. The van der Waals surface area contributed by atoms with E-state index < -0.39 is 0 Å². The summed E-state index contributed by atoms with van der Waals surface area (Å²) >= 11 is 5.29. The molecule has 0 aromatic heterocycles. The molecule has 1 aromatic rings. The summed E-state index contributed by atoms with van der Waals surface area (Å²) in [6.07, 6.45) is 0. The number of benzene rings is 1. The second-order valence-corrected chi connectivity index (χ2v) is 4.98. The highest BCUT2D eigenvalue weighted by Crippen LogP contribution is 1.98. The van der Waals surface area contributed by atoms with E-state index in [-0.39, 0.29) is 0 Å². The van der Waals surface area contributed by atoms with Crippen LogP contribution >= 0.6 is 12.2 Å². The molecule has 0 atom stereocenters. The van der Waals surface area contributed by atoms with Crippen LogP contribution in [-0.4, -0.2) is 48.2 Å². The Kier molecular flexibility index (Phi) is 4.92. The number of nitrogens with one attached hydrogen (secondary N) is 2. The number of likely N-dealkylation sites (N-methyl/N-ethyl adjacent to an activating group) is 1. The third-order valence-electron chi connectivity index (χ3n) is 3.06. The molecule has 1 aliphatic rings. The summed E-state index contributed by atoms with van der Waals surface area (Å²) in [4.78, 5) is 2.32. The molecule has 4 nitrogen and oxygen atoms in total. The fraction of sp³-hybridized carbons (Fsp3) is 0.462. The van der Waals surface area contributed by atoms with Gasteiger partial charge in [0, 0.05) is 32.7 Å². The highest BCUT2D eigenvalue weighted by molar-refractivity contribution is 7.80. The Bertz CT molecular complexity index is 374. The van der Waals surface area contributed by atoms with Crippen LogP contribution in [0.5, 0.6) is 0 Å². The van der Waals surface area contributed by atoms with Gasteiger partial charge in [-0.3, -0.25) is 5.43 Å². The molecule has 0 aliphatic carbocycles.